The molecule has 6 heteroatoms. The molecule has 0 aromatic heterocycles. The zero-order valence-corrected chi connectivity index (χ0v) is 16.8. The van der Waals surface area contributed by atoms with E-state index in [4.69, 9.17) is 28.4 Å². The molecule has 3 saturated heterocycles. The van der Waals surface area contributed by atoms with Crippen LogP contribution < -0.4 is 14.2 Å². The Morgan fingerprint density at radius 2 is 0.742 bits per heavy atom. The maximum absolute atomic E-state index is 5.71. The molecule has 3 aliphatic rings. The highest BCUT2D eigenvalue weighted by molar-refractivity contribution is 5.47. The second kappa shape index (κ2) is 7.89. The summed E-state index contributed by atoms with van der Waals surface area (Å²) in [6.45, 7) is 1.97. The second-order valence-corrected chi connectivity index (χ2v) is 7.78. The molecule has 0 saturated carbocycles. The third-order valence-electron chi connectivity index (χ3n) is 5.35. The van der Waals surface area contributed by atoms with Crippen LogP contribution in [0.3, 0.4) is 0 Å². The van der Waals surface area contributed by atoms with Crippen molar-refractivity contribution >= 4 is 0 Å². The Labute approximate surface area is 180 Å². The molecule has 3 aliphatic heterocycles. The van der Waals surface area contributed by atoms with Crippen molar-refractivity contribution in [3.05, 3.63) is 89.5 Å². The van der Waals surface area contributed by atoms with Gasteiger partial charge >= 0.3 is 0 Å². The highest BCUT2D eigenvalue weighted by Crippen LogP contribution is 2.35. The largest absolute Gasteiger partial charge is 0.462 e. The number of benzene rings is 3. The topological polar surface area (TPSA) is 65.3 Å². The lowest BCUT2D eigenvalue weighted by atomic mass is 9.85. The molecule has 0 amide bonds. The Kier molecular flexibility index (Phi) is 4.76. The Morgan fingerprint density at radius 1 is 0.484 bits per heavy atom. The van der Waals surface area contributed by atoms with Crippen LogP contribution in [0.15, 0.2) is 72.8 Å². The van der Waals surface area contributed by atoms with E-state index in [2.05, 4.69) is 36.4 Å². The maximum Gasteiger partial charge on any atom is 0.223 e. The molecule has 0 spiro atoms. The summed E-state index contributed by atoms with van der Waals surface area (Å²) in [4.78, 5) is 0. The summed E-state index contributed by atoms with van der Waals surface area (Å²) in [7, 11) is 0. The van der Waals surface area contributed by atoms with Gasteiger partial charge in [-0.2, -0.15) is 0 Å². The van der Waals surface area contributed by atoms with Gasteiger partial charge in [0.15, 0.2) is 0 Å². The third-order valence-corrected chi connectivity index (χ3v) is 5.35. The molecule has 0 N–H and O–H groups in total. The van der Waals surface area contributed by atoms with Crippen LogP contribution in [-0.2, 0) is 14.2 Å². The quantitative estimate of drug-likeness (QED) is 0.386. The van der Waals surface area contributed by atoms with Gasteiger partial charge in [-0.25, -0.2) is 0 Å². The SMILES string of the molecule is c1cc(C(c2ccc(OC3CO3)cc2)c2ccc(OC3CO3)cc2)ccc1OC1CO1. The highest BCUT2D eigenvalue weighted by Gasteiger charge is 2.27. The number of hydrogen-bond acceptors (Lipinski definition) is 6. The van der Waals surface area contributed by atoms with Crippen molar-refractivity contribution in [2.75, 3.05) is 19.8 Å². The van der Waals surface area contributed by atoms with Crippen LogP contribution in [0.2, 0.25) is 0 Å². The van der Waals surface area contributed by atoms with E-state index < -0.39 is 0 Å². The second-order valence-electron chi connectivity index (χ2n) is 7.78. The van der Waals surface area contributed by atoms with Gasteiger partial charge in [0.2, 0.25) is 18.9 Å². The normalized spacial score (nSPS) is 24.2. The summed E-state index contributed by atoms with van der Waals surface area (Å²) >= 11 is 0. The Balaban J connectivity index is 1.29. The Hall–Kier alpha value is -3.06. The number of hydrogen-bond donors (Lipinski definition) is 0. The van der Waals surface area contributed by atoms with Crippen molar-refractivity contribution in [1.29, 1.82) is 0 Å². The zero-order valence-electron chi connectivity index (χ0n) is 16.8. The lowest BCUT2D eigenvalue weighted by Gasteiger charge is -2.20. The molecule has 3 aromatic carbocycles. The summed E-state index contributed by atoms with van der Waals surface area (Å²) in [5.41, 5.74) is 3.51. The molecule has 158 valence electrons. The minimum Gasteiger partial charge on any atom is -0.462 e. The van der Waals surface area contributed by atoms with Gasteiger partial charge in [0.1, 0.15) is 37.1 Å². The first-order valence-electron chi connectivity index (χ1n) is 10.4. The van der Waals surface area contributed by atoms with E-state index in [1.54, 1.807) is 0 Å². The van der Waals surface area contributed by atoms with E-state index in [0.29, 0.717) is 19.8 Å². The lowest BCUT2D eigenvalue weighted by Crippen LogP contribution is -2.05. The molecule has 3 aromatic rings. The standard InChI is InChI=1S/C25H22O6/c1-7-19(29-22-13-26-22)8-2-16(1)25(17-3-9-20(10-4-17)30-23-14-27-23)18-5-11-21(12-6-18)31-24-15-28-24/h1-12,22-25H,13-15H2. The number of epoxide rings is 3. The minimum atomic E-state index is -0.104. The number of ether oxygens (including phenoxy) is 6. The van der Waals surface area contributed by atoms with Crippen LogP contribution >= 0.6 is 0 Å². The summed E-state index contributed by atoms with van der Waals surface area (Å²) in [6.07, 6.45) is -0.312. The fourth-order valence-corrected chi connectivity index (χ4v) is 3.57. The molecule has 0 radical (unpaired) electrons. The molecule has 6 nitrogen and oxygen atoms in total. The van der Waals surface area contributed by atoms with E-state index in [1.165, 1.54) is 16.7 Å². The fourth-order valence-electron chi connectivity index (χ4n) is 3.57. The molecule has 3 atom stereocenters. The maximum atomic E-state index is 5.71. The predicted molar refractivity (Wildman–Crippen MR) is 111 cm³/mol. The lowest BCUT2D eigenvalue weighted by molar-refractivity contribution is 0.179. The van der Waals surface area contributed by atoms with Gasteiger partial charge in [0, 0.05) is 5.92 Å². The van der Waals surface area contributed by atoms with Crippen molar-refractivity contribution in [3.63, 3.8) is 0 Å². The van der Waals surface area contributed by atoms with E-state index in [0.717, 1.165) is 17.2 Å². The summed E-state index contributed by atoms with van der Waals surface area (Å²) in [6, 6.07) is 24.6. The molecule has 3 unspecified atom stereocenters. The average Bonchev–Trinajstić information content (AvgIpc) is 3.63. The minimum absolute atomic E-state index is 0.0590. The first-order chi connectivity index (χ1) is 15.3. The summed E-state index contributed by atoms with van der Waals surface area (Å²) in [5, 5.41) is 0. The third kappa shape index (κ3) is 4.66. The van der Waals surface area contributed by atoms with Crippen LogP contribution in [0.25, 0.3) is 0 Å². The Bertz CT molecular complexity index is 882. The van der Waals surface area contributed by atoms with Crippen LogP contribution in [0.4, 0.5) is 0 Å². The van der Waals surface area contributed by atoms with Gasteiger partial charge in [0.05, 0.1) is 0 Å². The molecule has 0 aliphatic carbocycles. The average molecular weight is 418 g/mol. The van der Waals surface area contributed by atoms with Gasteiger partial charge in [0.25, 0.3) is 0 Å². The molecule has 0 bridgehead atoms. The number of rotatable bonds is 9. The van der Waals surface area contributed by atoms with Crippen molar-refractivity contribution in [2.24, 2.45) is 0 Å². The van der Waals surface area contributed by atoms with Gasteiger partial charge in [-0.3, -0.25) is 0 Å². The van der Waals surface area contributed by atoms with E-state index in [9.17, 15) is 0 Å². The first-order valence-corrected chi connectivity index (χ1v) is 10.4. The van der Waals surface area contributed by atoms with E-state index >= 15 is 0 Å². The predicted octanol–water partition coefficient (Wildman–Crippen LogP) is 4.07. The van der Waals surface area contributed by atoms with Crippen LogP contribution in [0.5, 0.6) is 17.2 Å². The zero-order chi connectivity index (χ0) is 20.6. The van der Waals surface area contributed by atoms with Gasteiger partial charge < -0.3 is 28.4 Å². The Morgan fingerprint density at radius 3 is 0.968 bits per heavy atom. The van der Waals surface area contributed by atoms with Gasteiger partial charge in [-0.1, -0.05) is 36.4 Å². The summed E-state index contributed by atoms with van der Waals surface area (Å²) in [5.74, 6) is 2.49. The van der Waals surface area contributed by atoms with E-state index in [-0.39, 0.29) is 24.8 Å². The van der Waals surface area contributed by atoms with Crippen LogP contribution in [-0.4, -0.2) is 38.7 Å². The van der Waals surface area contributed by atoms with Crippen LogP contribution in [0.1, 0.15) is 22.6 Å². The monoisotopic (exact) mass is 418 g/mol. The van der Waals surface area contributed by atoms with Gasteiger partial charge in [-0.05, 0) is 53.1 Å². The van der Waals surface area contributed by atoms with Crippen molar-refractivity contribution in [2.45, 2.75) is 24.8 Å². The molecule has 6 rings (SSSR count). The van der Waals surface area contributed by atoms with Crippen molar-refractivity contribution in [3.8, 4) is 17.2 Å². The van der Waals surface area contributed by atoms with Gasteiger partial charge in [-0.15, -0.1) is 0 Å². The molecular formula is C25H22O6. The first kappa shape index (κ1) is 18.7. The highest BCUT2D eigenvalue weighted by atomic mass is 16.8. The van der Waals surface area contributed by atoms with Crippen LogP contribution in [0, 0.1) is 0 Å². The fraction of sp³-hybridized carbons (Fsp3) is 0.280. The molecule has 3 heterocycles. The summed E-state index contributed by atoms with van der Waals surface area (Å²) < 4.78 is 32.6. The molecule has 31 heavy (non-hydrogen) atoms. The van der Waals surface area contributed by atoms with E-state index in [1.807, 2.05) is 36.4 Å². The van der Waals surface area contributed by atoms with Crippen molar-refractivity contribution < 1.29 is 28.4 Å². The molecular weight excluding hydrogens is 396 g/mol. The van der Waals surface area contributed by atoms with Crippen molar-refractivity contribution in [1.82, 2.24) is 0 Å². The molecule has 3 fully saturated rings. The smallest absolute Gasteiger partial charge is 0.223 e.